The van der Waals surface area contributed by atoms with Crippen LogP contribution in [0.15, 0.2) is 135 Å². The summed E-state index contributed by atoms with van der Waals surface area (Å²) in [7, 11) is -3.99. The predicted octanol–water partition coefficient (Wildman–Crippen LogP) is 7.29. The summed E-state index contributed by atoms with van der Waals surface area (Å²) in [5, 5.41) is 16.5. The van der Waals surface area contributed by atoms with E-state index in [1.54, 1.807) is 24.3 Å². The lowest BCUT2D eigenvalue weighted by Gasteiger charge is -2.07. The van der Waals surface area contributed by atoms with Crippen molar-refractivity contribution in [1.82, 2.24) is 0 Å². The summed E-state index contributed by atoms with van der Waals surface area (Å²) in [5.74, 6) is 0.177. The van der Waals surface area contributed by atoms with Crippen molar-refractivity contribution in [2.24, 2.45) is 20.5 Å². The van der Waals surface area contributed by atoms with Crippen molar-refractivity contribution >= 4 is 32.9 Å². The number of hydrogen-bond donors (Lipinski definition) is 0. The van der Waals surface area contributed by atoms with E-state index in [4.69, 9.17) is 4.18 Å². The van der Waals surface area contributed by atoms with Gasteiger partial charge < -0.3 is 4.18 Å². The van der Waals surface area contributed by atoms with Crippen molar-refractivity contribution in [1.29, 1.82) is 0 Å². The average Bonchev–Trinajstić information content (AvgIpc) is 2.84. The molecule has 0 spiro atoms. The van der Waals surface area contributed by atoms with Crippen LogP contribution in [0.2, 0.25) is 0 Å². The maximum Gasteiger partial charge on any atom is 0.339 e. The Morgan fingerprint density at radius 1 is 0.469 bits per heavy atom. The molecule has 4 aromatic rings. The summed E-state index contributed by atoms with van der Waals surface area (Å²) < 4.78 is 30.4. The molecule has 0 radical (unpaired) electrons. The molecule has 0 saturated heterocycles. The SMILES string of the molecule is O=S(=O)(Oc1ccc(/N=N/c2ccccc2)cc1)c1ccc(/N=N/c2ccccc2)cc1. The Balaban J connectivity index is 1.41. The molecule has 0 aliphatic heterocycles. The van der Waals surface area contributed by atoms with Crippen LogP contribution in [0.1, 0.15) is 0 Å². The van der Waals surface area contributed by atoms with Crippen LogP contribution in [0.5, 0.6) is 5.75 Å². The van der Waals surface area contributed by atoms with Gasteiger partial charge in [-0.2, -0.15) is 28.9 Å². The van der Waals surface area contributed by atoms with E-state index in [9.17, 15) is 8.42 Å². The van der Waals surface area contributed by atoms with Crippen LogP contribution >= 0.6 is 0 Å². The summed E-state index contributed by atoms with van der Waals surface area (Å²) in [5.41, 5.74) is 2.54. The molecule has 0 aliphatic carbocycles. The minimum atomic E-state index is -3.99. The minimum Gasteiger partial charge on any atom is -0.379 e. The van der Waals surface area contributed by atoms with Crippen LogP contribution in [-0.4, -0.2) is 8.42 Å². The molecule has 4 rings (SSSR count). The van der Waals surface area contributed by atoms with Gasteiger partial charge in [0, 0.05) is 0 Å². The highest BCUT2D eigenvalue weighted by atomic mass is 32.2. The number of benzene rings is 4. The van der Waals surface area contributed by atoms with E-state index in [2.05, 4.69) is 20.5 Å². The average molecular weight is 443 g/mol. The maximum atomic E-state index is 12.6. The van der Waals surface area contributed by atoms with Gasteiger partial charge in [-0.15, -0.1) is 0 Å². The Morgan fingerprint density at radius 2 is 0.844 bits per heavy atom. The van der Waals surface area contributed by atoms with E-state index < -0.39 is 10.1 Å². The fraction of sp³-hybridized carbons (Fsp3) is 0. The van der Waals surface area contributed by atoms with E-state index in [0.29, 0.717) is 17.1 Å². The van der Waals surface area contributed by atoms with Crippen molar-refractivity contribution in [3.63, 3.8) is 0 Å². The van der Waals surface area contributed by atoms with Crippen molar-refractivity contribution in [2.75, 3.05) is 0 Å². The van der Waals surface area contributed by atoms with Gasteiger partial charge in [-0.25, -0.2) is 0 Å². The second kappa shape index (κ2) is 9.76. The fourth-order valence-electron chi connectivity index (χ4n) is 2.64. The fourth-order valence-corrected chi connectivity index (χ4v) is 3.57. The van der Waals surface area contributed by atoms with E-state index in [1.807, 2.05) is 60.7 Å². The molecule has 4 aromatic carbocycles. The number of rotatable bonds is 7. The van der Waals surface area contributed by atoms with E-state index in [-0.39, 0.29) is 10.6 Å². The summed E-state index contributed by atoms with van der Waals surface area (Å²) in [6.45, 7) is 0. The standard InChI is InChI=1S/C24H18N4O3S/c29-32(30,24-17-13-22(14-18-24)28-26-20-9-5-2-6-10-20)31-23-15-11-21(12-16-23)27-25-19-7-3-1-4-8-19/h1-18H/b27-25+,28-26+. The minimum absolute atomic E-state index is 0.0176. The van der Waals surface area contributed by atoms with Gasteiger partial charge in [0.1, 0.15) is 10.6 Å². The molecule has 8 heteroatoms. The number of hydrogen-bond acceptors (Lipinski definition) is 7. The lowest BCUT2D eigenvalue weighted by Crippen LogP contribution is -2.09. The Morgan fingerprint density at radius 3 is 1.28 bits per heavy atom. The third kappa shape index (κ3) is 5.71. The zero-order chi connectivity index (χ0) is 22.2. The molecule has 32 heavy (non-hydrogen) atoms. The summed E-state index contributed by atoms with van der Waals surface area (Å²) in [6, 6.07) is 30.9. The molecule has 0 amide bonds. The van der Waals surface area contributed by atoms with Crippen LogP contribution < -0.4 is 4.18 Å². The van der Waals surface area contributed by atoms with Gasteiger partial charge in [-0.05, 0) is 72.8 Å². The topological polar surface area (TPSA) is 92.8 Å². The van der Waals surface area contributed by atoms with Crippen LogP contribution in [0.25, 0.3) is 0 Å². The Labute approximate surface area is 185 Å². The zero-order valence-corrected chi connectivity index (χ0v) is 17.6. The smallest absolute Gasteiger partial charge is 0.339 e. The molecule has 0 N–H and O–H groups in total. The molecule has 0 fully saturated rings. The quantitative estimate of drug-likeness (QED) is 0.222. The van der Waals surface area contributed by atoms with Crippen LogP contribution in [0, 0.1) is 0 Å². The third-order valence-corrected chi connectivity index (χ3v) is 5.50. The third-order valence-electron chi connectivity index (χ3n) is 4.24. The molecule has 0 aromatic heterocycles. The maximum absolute atomic E-state index is 12.6. The van der Waals surface area contributed by atoms with E-state index in [0.717, 1.165) is 5.69 Å². The molecule has 0 atom stereocenters. The van der Waals surface area contributed by atoms with Crippen molar-refractivity contribution in [2.45, 2.75) is 4.90 Å². The Bertz CT molecular complexity index is 1320. The molecular formula is C24H18N4O3S. The van der Waals surface area contributed by atoms with Gasteiger partial charge in [0.25, 0.3) is 0 Å². The van der Waals surface area contributed by atoms with Gasteiger partial charge in [0.2, 0.25) is 0 Å². The number of azo groups is 2. The number of nitrogens with zero attached hydrogens (tertiary/aromatic N) is 4. The molecule has 0 bridgehead atoms. The molecule has 158 valence electrons. The monoisotopic (exact) mass is 442 g/mol. The molecule has 0 saturated carbocycles. The summed E-state index contributed by atoms with van der Waals surface area (Å²) >= 11 is 0. The Kier molecular flexibility index (Phi) is 6.43. The molecule has 0 unspecified atom stereocenters. The first-order valence-electron chi connectivity index (χ1n) is 9.67. The molecular weight excluding hydrogens is 424 g/mol. The molecule has 7 nitrogen and oxygen atoms in total. The zero-order valence-electron chi connectivity index (χ0n) is 16.8. The second-order valence-electron chi connectivity index (χ2n) is 6.60. The van der Waals surface area contributed by atoms with Crippen molar-refractivity contribution < 1.29 is 12.6 Å². The van der Waals surface area contributed by atoms with Crippen molar-refractivity contribution in [3.8, 4) is 5.75 Å². The van der Waals surface area contributed by atoms with Gasteiger partial charge in [-0.1, -0.05) is 36.4 Å². The first-order valence-corrected chi connectivity index (χ1v) is 11.1. The lowest BCUT2D eigenvalue weighted by atomic mass is 10.3. The van der Waals surface area contributed by atoms with Crippen LogP contribution in [-0.2, 0) is 10.1 Å². The highest BCUT2D eigenvalue weighted by Crippen LogP contribution is 2.25. The molecule has 0 heterocycles. The first-order chi connectivity index (χ1) is 15.6. The summed E-state index contributed by atoms with van der Waals surface area (Å²) in [6.07, 6.45) is 0. The van der Waals surface area contributed by atoms with Gasteiger partial charge in [0.15, 0.2) is 0 Å². The molecule has 0 aliphatic rings. The second-order valence-corrected chi connectivity index (χ2v) is 8.14. The van der Waals surface area contributed by atoms with Gasteiger partial charge >= 0.3 is 10.1 Å². The predicted molar refractivity (Wildman–Crippen MR) is 122 cm³/mol. The lowest BCUT2D eigenvalue weighted by molar-refractivity contribution is 0.486. The largest absolute Gasteiger partial charge is 0.379 e. The van der Waals surface area contributed by atoms with Crippen LogP contribution in [0.3, 0.4) is 0 Å². The Hall–Kier alpha value is -4.17. The van der Waals surface area contributed by atoms with Crippen molar-refractivity contribution in [3.05, 3.63) is 109 Å². The van der Waals surface area contributed by atoms with Gasteiger partial charge in [0.05, 0.1) is 22.7 Å². The van der Waals surface area contributed by atoms with Gasteiger partial charge in [-0.3, -0.25) is 0 Å². The summed E-state index contributed by atoms with van der Waals surface area (Å²) in [4.78, 5) is 0.0176. The van der Waals surface area contributed by atoms with E-state index >= 15 is 0 Å². The first kappa shape index (κ1) is 21.1. The highest BCUT2D eigenvalue weighted by Gasteiger charge is 2.16. The normalized spacial score (nSPS) is 11.8. The van der Waals surface area contributed by atoms with Crippen LogP contribution in [0.4, 0.5) is 22.7 Å². The van der Waals surface area contributed by atoms with E-state index in [1.165, 1.54) is 24.3 Å². The highest BCUT2D eigenvalue weighted by molar-refractivity contribution is 7.87.